The second-order valence-electron chi connectivity index (χ2n) is 7.10. The van der Waals surface area contributed by atoms with Crippen LogP contribution in [0.25, 0.3) is 0 Å². The van der Waals surface area contributed by atoms with Crippen molar-refractivity contribution in [2.45, 2.75) is 51.9 Å². The Bertz CT molecular complexity index is 799. The first-order valence-corrected chi connectivity index (χ1v) is 8.54. The van der Waals surface area contributed by atoms with Crippen LogP contribution in [0.3, 0.4) is 0 Å². The van der Waals surface area contributed by atoms with Crippen molar-refractivity contribution in [3.8, 4) is 0 Å². The van der Waals surface area contributed by atoms with E-state index >= 15 is 0 Å². The molecule has 3 heterocycles. The molecule has 3 aliphatic heterocycles. The van der Waals surface area contributed by atoms with Gasteiger partial charge < -0.3 is 14.2 Å². The Morgan fingerprint density at radius 3 is 2.77 bits per heavy atom. The molecule has 138 valence electrons. The third-order valence-electron chi connectivity index (χ3n) is 5.19. The standard InChI is InChI=1S/C20H22O6/c1-6-10(2)18(22)25-15-9-20(5)16(21)8-13(26-20)11(3)7-14-17(15)12(4)19(23)24-14/h6-8,14-15,17H,4,9H2,1-3,5H3/b10-6+,11-7-/t14-,15+,17?,20-/m1/s1. The lowest BCUT2D eigenvalue weighted by Crippen LogP contribution is -2.42. The van der Waals surface area contributed by atoms with Gasteiger partial charge in [-0.25, -0.2) is 9.59 Å². The van der Waals surface area contributed by atoms with Gasteiger partial charge in [0.1, 0.15) is 18.0 Å². The number of hydrogen-bond donors (Lipinski definition) is 0. The molecule has 0 aliphatic carbocycles. The summed E-state index contributed by atoms with van der Waals surface area (Å²) in [5, 5.41) is 0. The van der Waals surface area contributed by atoms with E-state index in [0.29, 0.717) is 16.9 Å². The summed E-state index contributed by atoms with van der Waals surface area (Å²) < 4.78 is 17.0. The summed E-state index contributed by atoms with van der Waals surface area (Å²) in [4.78, 5) is 36.9. The molecule has 6 nitrogen and oxygen atoms in total. The molecule has 0 spiro atoms. The number of ketones is 1. The molecule has 3 aliphatic rings. The summed E-state index contributed by atoms with van der Waals surface area (Å²) in [5.41, 5.74) is 0.195. The van der Waals surface area contributed by atoms with E-state index < -0.39 is 35.7 Å². The number of ether oxygens (including phenoxy) is 3. The number of rotatable bonds is 2. The Morgan fingerprint density at radius 1 is 1.42 bits per heavy atom. The Labute approximate surface area is 152 Å². The number of carbonyl (C=O) groups is 3. The fraction of sp³-hybridized carbons (Fsp3) is 0.450. The summed E-state index contributed by atoms with van der Waals surface area (Å²) in [7, 11) is 0. The molecule has 0 saturated carbocycles. The predicted octanol–water partition coefficient (Wildman–Crippen LogP) is 2.55. The SMILES string of the molecule is C=C1C(=O)O[C@@H]2/C=C(/C)C3=CC(=O)[C@@](C)(C[C@H](OC(=O)/C(C)=C/C)C12)O3. The van der Waals surface area contributed by atoms with Crippen LogP contribution in [-0.2, 0) is 28.6 Å². The van der Waals surface area contributed by atoms with Gasteiger partial charge in [0, 0.05) is 23.6 Å². The summed E-state index contributed by atoms with van der Waals surface area (Å²) in [6.07, 6.45) is 3.50. The van der Waals surface area contributed by atoms with Gasteiger partial charge in [0.2, 0.25) is 5.78 Å². The van der Waals surface area contributed by atoms with Crippen molar-refractivity contribution < 1.29 is 28.6 Å². The second kappa shape index (κ2) is 6.27. The zero-order chi connectivity index (χ0) is 19.2. The second-order valence-corrected chi connectivity index (χ2v) is 7.10. The van der Waals surface area contributed by atoms with Crippen LogP contribution in [0.15, 0.2) is 47.3 Å². The fourth-order valence-corrected chi connectivity index (χ4v) is 3.41. The zero-order valence-corrected chi connectivity index (χ0v) is 15.3. The van der Waals surface area contributed by atoms with E-state index in [0.717, 1.165) is 0 Å². The molecular formula is C20H22O6. The van der Waals surface area contributed by atoms with Gasteiger partial charge in [0.25, 0.3) is 0 Å². The zero-order valence-electron chi connectivity index (χ0n) is 15.3. The van der Waals surface area contributed by atoms with Gasteiger partial charge in [-0.2, -0.15) is 0 Å². The van der Waals surface area contributed by atoms with Gasteiger partial charge >= 0.3 is 11.9 Å². The molecule has 1 unspecified atom stereocenters. The van der Waals surface area contributed by atoms with Crippen molar-refractivity contribution in [3.63, 3.8) is 0 Å². The molecular weight excluding hydrogens is 336 g/mol. The number of fused-ring (bicyclic) bond motifs is 3. The number of esters is 2. The summed E-state index contributed by atoms with van der Waals surface area (Å²) in [5.74, 6) is -1.35. The van der Waals surface area contributed by atoms with Crippen LogP contribution in [0, 0.1) is 5.92 Å². The van der Waals surface area contributed by atoms with Gasteiger partial charge in [0.05, 0.1) is 5.92 Å². The smallest absolute Gasteiger partial charge is 0.334 e. The van der Waals surface area contributed by atoms with Crippen LogP contribution in [0.5, 0.6) is 0 Å². The first-order chi connectivity index (χ1) is 12.2. The third kappa shape index (κ3) is 2.89. The largest absolute Gasteiger partial charge is 0.479 e. The first-order valence-electron chi connectivity index (χ1n) is 8.54. The van der Waals surface area contributed by atoms with E-state index in [1.807, 2.05) is 0 Å². The van der Waals surface area contributed by atoms with Crippen molar-refractivity contribution in [3.05, 3.63) is 47.3 Å². The molecule has 2 bridgehead atoms. The minimum absolute atomic E-state index is 0.104. The molecule has 6 heteroatoms. The van der Waals surface area contributed by atoms with E-state index in [-0.39, 0.29) is 17.8 Å². The van der Waals surface area contributed by atoms with E-state index in [9.17, 15) is 14.4 Å². The van der Waals surface area contributed by atoms with Crippen LogP contribution in [0.4, 0.5) is 0 Å². The molecule has 0 N–H and O–H groups in total. The topological polar surface area (TPSA) is 78.9 Å². The van der Waals surface area contributed by atoms with Crippen molar-refractivity contribution in [2.24, 2.45) is 5.92 Å². The molecule has 0 aromatic rings. The summed E-state index contributed by atoms with van der Waals surface area (Å²) >= 11 is 0. The highest BCUT2D eigenvalue weighted by molar-refractivity contribution is 6.00. The average Bonchev–Trinajstić information content (AvgIpc) is 3.03. The van der Waals surface area contributed by atoms with Crippen molar-refractivity contribution in [1.82, 2.24) is 0 Å². The molecule has 0 radical (unpaired) electrons. The fourth-order valence-electron chi connectivity index (χ4n) is 3.41. The van der Waals surface area contributed by atoms with Crippen LogP contribution in [0.1, 0.15) is 34.1 Å². The lowest BCUT2D eigenvalue weighted by atomic mass is 9.82. The van der Waals surface area contributed by atoms with E-state index in [1.54, 1.807) is 39.8 Å². The molecule has 26 heavy (non-hydrogen) atoms. The lowest BCUT2D eigenvalue weighted by molar-refractivity contribution is -0.153. The molecule has 3 rings (SSSR count). The van der Waals surface area contributed by atoms with Gasteiger partial charge in [-0.3, -0.25) is 4.79 Å². The number of hydrogen-bond acceptors (Lipinski definition) is 6. The molecule has 0 aromatic carbocycles. The van der Waals surface area contributed by atoms with Crippen molar-refractivity contribution in [2.75, 3.05) is 0 Å². The third-order valence-corrected chi connectivity index (χ3v) is 5.19. The molecule has 4 atom stereocenters. The maximum absolute atomic E-state index is 12.5. The van der Waals surface area contributed by atoms with E-state index in [1.165, 1.54) is 6.08 Å². The van der Waals surface area contributed by atoms with Gasteiger partial charge in [-0.05, 0) is 39.3 Å². The van der Waals surface area contributed by atoms with Crippen molar-refractivity contribution >= 4 is 17.7 Å². The van der Waals surface area contributed by atoms with Crippen molar-refractivity contribution in [1.29, 1.82) is 0 Å². The lowest BCUT2D eigenvalue weighted by Gasteiger charge is -2.31. The monoisotopic (exact) mass is 358 g/mol. The van der Waals surface area contributed by atoms with Gasteiger partial charge in [-0.1, -0.05) is 12.7 Å². The van der Waals surface area contributed by atoms with Gasteiger partial charge in [0.15, 0.2) is 5.60 Å². The van der Waals surface area contributed by atoms with Crippen LogP contribution >= 0.6 is 0 Å². The Kier molecular flexibility index (Phi) is 4.38. The minimum Gasteiger partial charge on any atom is -0.479 e. The average molecular weight is 358 g/mol. The van der Waals surface area contributed by atoms with Crippen LogP contribution < -0.4 is 0 Å². The predicted molar refractivity (Wildman–Crippen MR) is 92.8 cm³/mol. The Morgan fingerprint density at radius 2 is 2.12 bits per heavy atom. The summed E-state index contributed by atoms with van der Waals surface area (Å²) in [6, 6.07) is 0. The number of carbonyl (C=O) groups excluding carboxylic acids is 3. The van der Waals surface area contributed by atoms with Crippen LogP contribution in [0.2, 0.25) is 0 Å². The van der Waals surface area contributed by atoms with Gasteiger partial charge in [-0.15, -0.1) is 0 Å². The molecule has 0 amide bonds. The molecule has 1 fully saturated rings. The maximum Gasteiger partial charge on any atom is 0.334 e. The van der Waals surface area contributed by atoms with Crippen LogP contribution in [-0.4, -0.2) is 35.5 Å². The normalized spacial score (nSPS) is 35.9. The Balaban J connectivity index is 2.05. The highest BCUT2D eigenvalue weighted by atomic mass is 16.6. The maximum atomic E-state index is 12.5. The molecule has 0 aromatic heterocycles. The Hall–Kier alpha value is -2.63. The highest BCUT2D eigenvalue weighted by Crippen LogP contribution is 2.42. The highest BCUT2D eigenvalue weighted by Gasteiger charge is 2.51. The van der Waals surface area contributed by atoms with E-state index in [4.69, 9.17) is 14.2 Å². The minimum atomic E-state index is -1.17. The molecule has 1 saturated heterocycles. The quantitative estimate of drug-likeness (QED) is 0.558. The summed E-state index contributed by atoms with van der Waals surface area (Å²) in [6.45, 7) is 10.6. The first kappa shape index (κ1) is 18.2. The van der Waals surface area contributed by atoms with E-state index in [2.05, 4.69) is 6.58 Å². The number of allylic oxidation sites excluding steroid dienone is 2.